The molecule has 1 unspecified atom stereocenters. The topological polar surface area (TPSA) is 116 Å². The first-order valence-electron chi connectivity index (χ1n) is 11.8. The summed E-state index contributed by atoms with van der Waals surface area (Å²) in [6.07, 6.45) is 3.24. The van der Waals surface area contributed by atoms with Crippen LogP contribution in [-0.4, -0.2) is 56.6 Å². The van der Waals surface area contributed by atoms with Crippen molar-refractivity contribution in [3.05, 3.63) is 54.1 Å². The van der Waals surface area contributed by atoms with Crippen molar-refractivity contribution in [2.24, 2.45) is 5.92 Å². The van der Waals surface area contributed by atoms with Gasteiger partial charge in [0.2, 0.25) is 21.8 Å². The number of carbonyl (C=O) groups is 3. The maximum Gasteiger partial charge on any atom is 0.251 e. The number of rotatable bonds is 7. The molecule has 2 N–H and O–H groups in total. The highest BCUT2D eigenvalue weighted by molar-refractivity contribution is 7.89. The third-order valence-corrected chi connectivity index (χ3v) is 8.20. The molecule has 2 saturated heterocycles. The maximum absolute atomic E-state index is 12.9. The molecule has 2 aromatic rings. The summed E-state index contributed by atoms with van der Waals surface area (Å²) in [7, 11) is -3.56. The molecule has 0 aliphatic carbocycles. The van der Waals surface area contributed by atoms with E-state index in [1.165, 1.54) is 16.4 Å². The molecule has 2 aliphatic rings. The molecule has 0 radical (unpaired) electrons. The summed E-state index contributed by atoms with van der Waals surface area (Å²) in [6, 6.07) is 12.7. The molecule has 2 fully saturated rings. The molecular formula is C25H30N4O5S. The molecule has 9 nitrogen and oxygen atoms in total. The van der Waals surface area contributed by atoms with E-state index in [0.29, 0.717) is 43.2 Å². The molecule has 1 atom stereocenters. The van der Waals surface area contributed by atoms with E-state index in [1.807, 2.05) is 6.92 Å². The molecule has 35 heavy (non-hydrogen) atoms. The van der Waals surface area contributed by atoms with Crippen molar-refractivity contribution in [3.8, 4) is 0 Å². The lowest BCUT2D eigenvalue weighted by atomic mass is 10.0. The second-order valence-corrected chi connectivity index (χ2v) is 11.0. The molecule has 186 valence electrons. The summed E-state index contributed by atoms with van der Waals surface area (Å²) in [5, 5.41) is 5.22. The Morgan fingerprint density at radius 2 is 1.71 bits per heavy atom. The lowest BCUT2D eigenvalue weighted by molar-refractivity contribution is -0.117. The van der Waals surface area contributed by atoms with Crippen LogP contribution in [0.25, 0.3) is 0 Å². The van der Waals surface area contributed by atoms with Crippen LogP contribution in [0.5, 0.6) is 0 Å². The van der Waals surface area contributed by atoms with Crippen molar-refractivity contribution in [3.63, 3.8) is 0 Å². The zero-order valence-corrected chi connectivity index (χ0v) is 20.5. The minimum absolute atomic E-state index is 0.0746. The number of piperidine rings is 1. The number of hydrogen-bond acceptors (Lipinski definition) is 5. The van der Waals surface area contributed by atoms with Crippen molar-refractivity contribution >= 4 is 39.1 Å². The molecule has 0 spiro atoms. The second-order valence-electron chi connectivity index (χ2n) is 9.06. The van der Waals surface area contributed by atoms with Gasteiger partial charge >= 0.3 is 0 Å². The van der Waals surface area contributed by atoms with E-state index in [0.717, 1.165) is 24.9 Å². The van der Waals surface area contributed by atoms with Crippen LogP contribution in [0.1, 0.15) is 43.0 Å². The zero-order chi connectivity index (χ0) is 25.0. The van der Waals surface area contributed by atoms with Crippen LogP contribution in [0.15, 0.2) is 53.4 Å². The predicted octanol–water partition coefficient (Wildman–Crippen LogP) is 2.60. The first-order chi connectivity index (χ1) is 16.7. The number of benzene rings is 2. The van der Waals surface area contributed by atoms with Crippen molar-refractivity contribution in [1.29, 1.82) is 0 Å². The number of nitrogens with one attached hydrogen (secondary N) is 2. The van der Waals surface area contributed by atoms with E-state index in [9.17, 15) is 22.8 Å². The molecule has 0 bridgehead atoms. The molecule has 2 aromatic carbocycles. The monoisotopic (exact) mass is 498 g/mol. The fourth-order valence-corrected chi connectivity index (χ4v) is 6.00. The molecule has 0 saturated carbocycles. The molecule has 3 amide bonds. The van der Waals surface area contributed by atoms with Gasteiger partial charge in [-0.05, 0) is 73.7 Å². The molecule has 4 rings (SSSR count). The third-order valence-electron chi connectivity index (χ3n) is 6.32. The zero-order valence-electron chi connectivity index (χ0n) is 19.7. The Morgan fingerprint density at radius 3 is 2.34 bits per heavy atom. The summed E-state index contributed by atoms with van der Waals surface area (Å²) in [5.41, 5.74) is 1.58. The van der Waals surface area contributed by atoms with Gasteiger partial charge in [0, 0.05) is 43.0 Å². The molecule has 10 heteroatoms. The van der Waals surface area contributed by atoms with Crippen molar-refractivity contribution in [2.45, 2.75) is 37.5 Å². The van der Waals surface area contributed by atoms with E-state index in [-0.39, 0.29) is 17.3 Å². The van der Waals surface area contributed by atoms with E-state index < -0.39 is 21.8 Å². The minimum Gasteiger partial charge on any atom is -0.343 e. The van der Waals surface area contributed by atoms with Crippen molar-refractivity contribution in [2.75, 3.05) is 36.4 Å². The first kappa shape index (κ1) is 24.9. The molecule has 0 aromatic heterocycles. The number of carbonyl (C=O) groups excluding carboxylic acids is 3. The van der Waals surface area contributed by atoms with Crippen LogP contribution in [0.3, 0.4) is 0 Å². The minimum atomic E-state index is -3.56. The summed E-state index contributed by atoms with van der Waals surface area (Å²) >= 11 is 0. The normalized spacial score (nSPS) is 18.9. The Morgan fingerprint density at radius 1 is 1.00 bits per heavy atom. The van der Waals surface area contributed by atoms with Gasteiger partial charge < -0.3 is 15.5 Å². The highest BCUT2D eigenvalue weighted by Crippen LogP contribution is 2.24. The highest BCUT2D eigenvalue weighted by atomic mass is 32.2. The Hall–Kier alpha value is -3.24. The number of amides is 3. The largest absolute Gasteiger partial charge is 0.343 e. The molecule has 2 aliphatic heterocycles. The SMILES string of the molecule is CC1CCCN(S(=O)(=O)c2ccc(NC(=O)CNC(=O)c3ccc(N4CCCC4=O)cc3)cc2)C1. The van der Waals surface area contributed by atoms with Crippen LogP contribution >= 0.6 is 0 Å². The lowest BCUT2D eigenvalue weighted by Gasteiger charge is -2.30. The summed E-state index contributed by atoms with van der Waals surface area (Å²) in [4.78, 5) is 38.4. The van der Waals surface area contributed by atoms with Crippen LogP contribution in [0.4, 0.5) is 11.4 Å². The Kier molecular flexibility index (Phi) is 7.51. The highest BCUT2D eigenvalue weighted by Gasteiger charge is 2.28. The van der Waals surface area contributed by atoms with Gasteiger partial charge in [-0.25, -0.2) is 8.42 Å². The van der Waals surface area contributed by atoms with Gasteiger partial charge in [-0.1, -0.05) is 6.92 Å². The van der Waals surface area contributed by atoms with Gasteiger partial charge in [0.1, 0.15) is 0 Å². The summed E-state index contributed by atoms with van der Waals surface area (Å²) in [5.74, 6) is -0.431. The summed E-state index contributed by atoms with van der Waals surface area (Å²) < 4.78 is 27.2. The number of nitrogens with zero attached hydrogens (tertiary/aromatic N) is 2. The van der Waals surface area contributed by atoms with Crippen LogP contribution in [0.2, 0.25) is 0 Å². The Labute approximate surface area is 205 Å². The first-order valence-corrected chi connectivity index (χ1v) is 13.3. The smallest absolute Gasteiger partial charge is 0.251 e. The summed E-state index contributed by atoms with van der Waals surface area (Å²) in [6.45, 7) is 3.51. The van der Waals surface area contributed by atoms with Gasteiger partial charge in [0.15, 0.2) is 0 Å². The van der Waals surface area contributed by atoms with Crippen molar-refractivity contribution in [1.82, 2.24) is 9.62 Å². The van der Waals surface area contributed by atoms with Crippen LogP contribution in [-0.2, 0) is 19.6 Å². The van der Waals surface area contributed by atoms with E-state index >= 15 is 0 Å². The van der Waals surface area contributed by atoms with E-state index in [1.54, 1.807) is 41.3 Å². The third kappa shape index (κ3) is 5.88. The standard InChI is InChI=1S/C25H30N4O5S/c1-18-4-2-14-28(17-18)35(33,34)22-12-8-20(9-13-22)27-23(30)16-26-25(32)19-6-10-21(11-7-19)29-15-3-5-24(29)31/h6-13,18H,2-5,14-17H2,1H3,(H,26,32)(H,27,30). The Balaban J connectivity index is 1.28. The predicted molar refractivity (Wildman–Crippen MR) is 133 cm³/mol. The van der Waals surface area contributed by atoms with Crippen molar-refractivity contribution < 1.29 is 22.8 Å². The second kappa shape index (κ2) is 10.6. The maximum atomic E-state index is 12.9. The number of anilines is 2. The average Bonchev–Trinajstić information content (AvgIpc) is 3.29. The van der Waals surface area contributed by atoms with Crippen LogP contribution < -0.4 is 15.5 Å². The van der Waals surface area contributed by atoms with Crippen LogP contribution in [0, 0.1) is 5.92 Å². The van der Waals surface area contributed by atoms with Gasteiger partial charge in [0.05, 0.1) is 11.4 Å². The number of sulfonamides is 1. The quantitative estimate of drug-likeness (QED) is 0.609. The molecule has 2 heterocycles. The van der Waals surface area contributed by atoms with Gasteiger partial charge in [-0.15, -0.1) is 0 Å². The Bertz CT molecular complexity index is 1200. The van der Waals surface area contributed by atoms with Gasteiger partial charge in [-0.3, -0.25) is 14.4 Å². The van der Waals surface area contributed by atoms with E-state index in [2.05, 4.69) is 10.6 Å². The average molecular weight is 499 g/mol. The lowest BCUT2D eigenvalue weighted by Crippen LogP contribution is -2.39. The number of hydrogen-bond donors (Lipinski definition) is 2. The fourth-order valence-electron chi connectivity index (χ4n) is 4.41. The van der Waals surface area contributed by atoms with Gasteiger partial charge in [-0.2, -0.15) is 4.31 Å². The molecular weight excluding hydrogens is 468 g/mol. The van der Waals surface area contributed by atoms with E-state index in [4.69, 9.17) is 0 Å². The van der Waals surface area contributed by atoms with Gasteiger partial charge in [0.25, 0.3) is 5.91 Å². The fraction of sp³-hybridized carbons (Fsp3) is 0.400.